The molecule has 0 saturated carbocycles. The zero-order valence-electron chi connectivity index (χ0n) is 6.38. The van der Waals surface area contributed by atoms with Crippen molar-refractivity contribution in [1.29, 1.82) is 0 Å². The van der Waals surface area contributed by atoms with E-state index in [1.54, 1.807) is 0 Å². The van der Waals surface area contributed by atoms with Gasteiger partial charge in [0, 0.05) is 6.20 Å². The molecule has 0 saturated heterocycles. The van der Waals surface area contributed by atoms with Crippen LogP contribution in [0.5, 0.6) is 0 Å². The van der Waals surface area contributed by atoms with E-state index in [4.69, 9.17) is 0 Å². The van der Waals surface area contributed by atoms with Crippen LogP contribution in [-0.4, -0.2) is 9.91 Å². The number of alkyl halides is 2. The van der Waals surface area contributed by atoms with E-state index in [2.05, 4.69) is 20.9 Å². The quantitative estimate of drug-likeness (QED) is 0.450. The maximum absolute atomic E-state index is 12.3. The van der Waals surface area contributed by atoms with Crippen molar-refractivity contribution in [2.75, 3.05) is 0 Å². The monoisotopic (exact) mass is 378 g/mol. The Morgan fingerprint density at radius 1 is 1.64 bits per heavy atom. The minimum Gasteiger partial charge on any atom is -0.258 e. The van der Waals surface area contributed by atoms with E-state index in [1.807, 2.05) is 0 Å². The number of hydrogen-bond acceptors (Lipinski definition) is 3. The summed E-state index contributed by atoms with van der Waals surface area (Å²) in [6.45, 7) is 0. The Labute approximate surface area is 99.1 Å². The van der Waals surface area contributed by atoms with Crippen molar-refractivity contribution in [2.24, 2.45) is 0 Å². The molecule has 4 nitrogen and oxygen atoms in total. The van der Waals surface area contributed by atoms with Gasteiger partial charge in [0.25, 0.3) is 12.1 Å². The number of halogens is 4. The fraction of sp³-hybridized carbons (Fsp3) is 0.167. The van der Waals surface area contributed by atoms with Crippen LogP contribution in [0.3, 0.4) is 0 Å². The summed E-state index contributed by atoms with van der Waals surface area (Å²) in [6, 6.07) is 0. The lowest BCUT2D eigenvalue weighted by atomic mass is 10.3. The second-order valence-corrected chi connectivity index (χ2v) is 4.14. The first-order chi connectivity index (χ1) is 6.45. The van der Waals surface area contributed by atoms with Gasteiger partial charge in [-0.1, -0.05) is 0 Å². The molecule has 76 valence electrons. The highest BCUT2D eigenvalue weighted by molar-refractivity contribution is 14.1. The molecule has 0 radical (unpaired) electrons. The molecule has 14 heavy (non-hydrogen) atoms. The van der Waals surface area contributed by atoms with Crippen LogP contribution < -0.4 is 0 Å². The second kappa shape index (κ2) is 4.43. The van der Waals surface area contributed by atoms with Crippen molar-refractivity contribution in [3.05, 3.63) is 30.0 Å². The van der Waals surface area contributed by atoms with Gasteiger partial charge in [-0.2, -0.15) is 0 Å². The molecule has 1 rings (SSSR count). The van der Waals surface area contributed by atoms with Gasteiger partial charge in [-0.15, -0.1) is 0 Å². The van der Waals surface area contributed by atoms with Gasteiger partial charge < -0.3 is 0 Å². The number of hydrogen-bond donors (Lipinski definition) is 0. The van der Waals surface area contributed by atoms with Gasteiger partial charge in [-0.3, -0.25) is 15.1 Å². The third-order valence-electron chi connectivity index (χ3n) is 1.37. The van der Waals surface area contributed by atoms with Gasteiger partial charge in [0.05, 0.1) is 4.92 Å². The zero-order chi connectivity index (χ0) is 10.9. The first kappa shape index (κ1) is 11.7. The summed E-state index contributed by atoms with van der Waals surface area (Å²) >= 11 is 4.36. The van der Waals surface area contributed by atoms with E-state index in [9.17, 15) is 18.9 Å². The molecular formula is C6H2BrF2IN2O2. The molecule has 0 unspecified atom stereocenters. The number of nitro groups is 1. The highest BCUT2D eigenvalue weighted by atomic mass is 127. The van der Waals surface area contributed by atoms with Gasteiger partial charge in [0.15, 0.2) is 0 Å². The number of aromatic nitrogens is 1. The van der Waals surface area contributed by atoms with E-state index in [1.165, 1.54) is 22.6 Å². The molecule has 0 aliphatic rings. The summed E-state index contributed by atoms with van der Waals surface area (Å²) < 4.78 is 24.5. The molecule has 0 fully saturated rings. The van der Waals surface area contributed by atoms with Crippen molar-refractivity contribution >= 4 is 44.2 Å². The van der Waals surface area contributed by atoms with Crippen LogP contribution in [0.1, 0.15) is 12.1 Å². The van der Waals surface area contributed by atoms with Crippen molar-refractivity contribution in [2.45, 2.75) is 6.43 Å². The molecule has 0 aliphatic carbocycles. The topological polar surface area (TPSA) is 56.0 Å². The Morgan fingerprint density at radius 3 is 2.64 bits per heavy atom. The van der Waals surface area contributed by atoms with Crippen LogP contribution >= 0.6 is 38.5 Å². The lowest BCUT2D eigenvalue weighted by molar-refractivity contribution is -0.386. The van der Waals surface area contributed by atoms with Crippen molar-refractivity contribution in [3.8, 4) is 0 Å². The molecular weight excluding hydrogens is 377 g/mol. The third kappa shape index (κ3) is 2.16. The van der Waals surface area contributed by atoms with E-state index < -0.39 is 17.0 Å². The minimum absolute atomic E-state index is 0.0938. The second-order valence-electron chi connectivity index (χ2n) is 2.21. The maximum Gasteiger partial charge on any atom is 0.300 e. The Bertz CT molecular complexity index is 388. The lowest BCUT2D eigenvalue weighted by Crippen LogP contribution is -2.01. The summed E-state index contributed by atoms with van der Waals surface area (Å²) in [5.41, 5.74) is -0.948. The molecule has 0 atom stereocenters. The van der Waals surface area contributed by atoms with Gasteiger partial charge in [0.1, 0.15) is 13.7 Å². The van der Waals surface area contributed by atoms with Crippen LogP contribution in [0.25, 0.3) is 0 Å². The fourth-order valence-corrected chi connectivity index (χ4v) is 2.47. The van der Waals surface area contributed by atoms with E-state index >= 15 is 0 Å². The molecule has 0 amide bonds. The molecule has 1 heterocycles. The zero-order valence-corrected chi connectivity index (χ0v) is 10.1. The van der Waals surface area contributed by atoms with Crippen LogP contribution in [0.15, 0.2) is 10.7 Å². The summed E-state index contributed by atoms with van der Waals surface area (Å²) in [5, 5.41) is 10.5. The Hall–Kier alpha value is -0.380. The lowest BCUT2D eigenvalue weighted by Gasteiger charge is -2.03. The molecule has 1 aromatic heterocycles. The van der Waals surface area contributed by atoms with Gasteiger partial charge >= 0.3 is 0 Å². The van der Waals surface area contributed by atoms with Crippen molar-refractivity contribution in [3.63, 3.8) is 0 Å². The fourth-order valence-electron chi connectivity index (χ4n) is 0.790. The van der Waals surface area contributed by atoms with Gasteiger partial charge in [0.2, 0.25) is 0 Å². The minimum atomic E-state index is -2.81. The Morgan fingerprint density at radius 2 is 2.21 bits per heavy atom. The van der Waals surface area contributed by atoms with Crippen LogP contribution in [-0.2, 0) is 0 Å². The Balaban J connectivity index is 3.41. The normalized spacial score (nSPS) is 10.6. The molecule has 0 aromatic carbocycles. The first-order valence-corrected chi connectivity index (χ1v) is 5.08. The molecule has 0 bridgehead atoms. The smallest absolute Gasteiger partial charge is 0.258 e. The summed E-state index contributed by atoms with van der Waals surface area (Å²) in [4.78, 5) is 13.2. The average Bonchev–Trinajstić information content (AvgIpc) is 2.02. The van der Waals surface area contributed by atoms with Crippen LogP contribution in [0.2, 0.25) is 0 Å². The molecule has 8 heteroatoms. The summed E-state index contributed by atoms with van der Waals surface area (Å²) in [7, 11) is 0. The molecule has 1 aromatic rings. The van der Waals surface area contributed by atoms with Crippen LogP contribution in [0.4, 0.5) is 14.5 Å². The van der Waals surface area contributed by atoms with Crippen molar-refractivity contribution in [1.82, 2.24) is 4.98 Å². The van der Waals surface area contributed by atoms with Gasteiger partial charge in [-0.25, -0.2) is 8.78 Å². The summed E-state index contributed by atoms with van der Waals surface area (Å²) in [6.07, 6.45) is -1.81. The highest BCUT2D eigenvalue weighted by Crippen LogP contribution is 2.34. The maximum atomic E-state index is 12.3. The average molecular weight is 379 g/mol. The van der Waals surface area contributed by atoms with E-state index in [0.29, 0.717) is 0 Å². The number of pyridine rings is 1. The number of nitrogens with zero attached hydrogens (tertiary/aromatic N) is 2. The summed E-state index contributed by atoms with van der Waals surface area (Å²) in [5.74, 6) is 0. The van der Waals surface area contributed by atoms with E-state index in [0.717, 1.165) is 6.20 Å². The predicted octanol–water partition coefficient (Wildman–Crippen LogP) is 3.29. The SMILES string of the molecule is O=[N+]([O-])c1c(Br)cnc(C(F)F)c1I. The largest absolute Gasteiger partial charge is 0.300 e. The standard InChI is InChI=1S/C6H2BrF2IN2O2/c7-2-1-11-4(6(8)9)3(10)5(2)12(13)14/h1,6H. The van der Waals surface area contributed by atoms with Gasteiger partial charge in [-0.05, 0) is 38.5 Å². The third-order valence-corrected chi connectivity index (χ3v) is 3.01. The highest BCUT2D eigenvalue weighted by Gasteiger charge is 2.25. The Kier molecular flexibility index (Phi) is 3.70. The van der Waals surface area contributed by atoms with Crippen LogP contribution in [0, 0.1) is 13.7 Å². The molecule has 0 spiro atoms. The van der Waals surface area contributed by atoms with E-state index in [-0.39, 0.29) is 13.7 Å². The molecule has 0 N–H and O–H groups in total. The number of rotatable bonds is 2. The molecule has 0 aliphatic heterocycles. The predicted molar refractivity (Wildman–Crippen MR) is 56.3 cm³/mol. The van der Waals surface area contributed by atoms with Crippen molar-refractivity contribution < 1.29 is 13.7 Å². The first-order valence-electron chi connectivity index (χ1n) is 3.21.